The van der Waals surface area contributed by atoms with Crippen molar-refractivity contribution in [1.29, 1.82) is 5.41 Å². The molecule has 272 valence electrons. The lowest BCUT2D eigenvalue weighted by Gasteiger charge is -2.14. The van der Waals surface area contributed by atoms with Crippen LogP contribution in [0.1, 0.15) is 63.1 Å². The zero-order valence-electron chi connectivity index (χ0n) is 30.5. The molecule has 2 aromatic heterocycles. The summed E-state index contributed by atoms with van der Waals surface area (Å²) in [6.45, 7) is 10.6. The highest BCUT2D eigenvalue weighted by molar-refractivity contribution is 5.91. The lowest BCUT2D eigenvalue weighted by atomic mass is 10.1. The highest BCUT2D eigenvalue weighted by Gasteiger charge is 2.12. The van der Waals surface area contributed by atoms with Gasteiger partial charge in [0, 0.05) is 74.9 Å². The monoisotopic (exact) mass is 696 g/mol. The molecule has 1 aliphatic heterocycles. The number of fused-ring (bicyclic) bond motifs is 1. The molecule has 10 nitrogen and oxygen atoms in total. The SMILES string of the molecule is CC.CNC(C)=O.CO.N=Cc1cc(Nc2ncnc3c2=CC(c2ccn(CCCN4CCCC4)c2)=CCC=3)ccc1NCc1cccc(F)c1. The number of rotatable bonds is 11. The minimum atomic E-state index is -0.261. The molecule has 0 radical (unpaired) electrons. The van der Waals surface area contributed by atoms with Crippen molar-refractivity contribution < 1.29 is 14.3 Å². The van der Waals surface area contributed by atoms with Crippen LogP contribution in [0, 0.1) is 11.2 Å². The van der Waals surface area contributed by atoms with Crippen LogP contribution in [0.25, 0.3) is 17.7 Å². The molecule has 1 aliphatic carbocycles. The van der Waals surface area contributed by atoms with Gasteiger partial charge in [-0.15, -0.1) is 0 Å². The Hall–Kier alpha value is -5.13. The van der Waals surface area contributed by atoms with Crippen molar-refractivity contribution in [3.8, 4) is 0 Å². The zero-order valence-corrected chi connectivity index (χ0v) is 30.5. The van der Waals surface area contributed by atoms with Crippen LogP contribution in [0.15, 0.2) is 73.3 Å². The van der Waals surface area contributed by atoms with Gasteiger partial charge in [0.15, 0.2) is 0 Å². The number of aryl methyl sites for hydroxylation is 1. The van der Waals surface area contributed by atoms with Gasteiger partial charge in [-0.25, -0.2) is 14.4 Å². The maximum absolute atomic E-state index is 13.6. The largest absolute Gasteiger partial charge is 0.400 e. The smallest absolute Gasteiger partial charge is 0.216 e. The Morgan fingerprint density at radius 1 is 1.04 bits per heavy atom. The molecule has 2 aromatic carbocycles. The molecule has 5 N–H and O–H groups in total. The van der Waals surface area contributed by atoms with Crippen molar-refractivity contribution in [2.24, 2.45) is 0 Å². The van der Waals surface area contributed by atoms with E-state index in [9.17, 15) is 9.18 Å². The fourth-order valence-corrected chi connectivity index (χ4v) is 5.66. The average molecular weight is 697 g/mol. The van der Waals surface area contributed by atoms with Gasteiger partial charge in [-0.05, 0) is 104 Å². The van der Waals surface area contributed by atoms with E-state index in [-0.39, 0.29) is 11.7 Å². The summed E-state index contributed by atoms with van der Waals surface area (Å²) in [5.41, 5.74) is 5.52. The fourth-order valence-electron chi connectivity index (χ4n) is 5.66. The molecule has 3 heterocycles. The second-order valence-corrected chi connectivity index (χ2v) is 11.7. The first-order chi connectivity index (χ1) is 24.9. The molecule has 0 spiro atoms. The van der Waals surface area contributed by atoms with E-state index in [4.69, 9.17) is 10.5 Å². The van der Waals surface area contributed by atoms with Crippen molar-refractivity contribution >= 4 is 47.0 Å². The molecule has 0 saturated carbocycles. The number of carbonyl (C=O) groups is 1. The van der Waals surface area contributed by atoms with Crippen LogP contribution in [0.3, 0.4) is 0 Å². The van der Waals surface area contributed by atoms with E-state index in [1.165, 1.54) is 63.3 Å². The Morgan fingerprint density at radius 3 is 2.51 bits per heavy atom. The number of carbonyl (C=O) groups excluding carboxylic acids is 1. The standard InChI is InChI=1S/C34H36FN7.C3H7NO.C2H6.CH4O/c35-29-8-3-6-25(18-29)22-37-32-11-10-30(19-28(32)21-36)40-34-31-20-26(7-4-9-33(31)38-24-39-34)27-12-17-42(23-27)16-5-15-41-13-1-2-14-41;1-3(5)4-2;2*1-2/h3,6-12,17-21,23-24,36-37H,1-2,4-5,13-16,22H2,(H,38,39,40);1-2H3,(H,4,5);1-2H3;2H,1H3. The maximum atomic E-state index is 13.6. The summed E-state index contributed by atoms with van der Waals surface area (Å²) in [7, 11) is 2.60. The lowest BCUT2D eigenvalue weighted by Crippen LogP contribution is -2.31. The first kappa shape index (κ1) is 40.3. The molecule has 11 heteroatoms. The van der Waals surface area contributed by atoms with Crippen molar-refractivity contribution in [1.82, 2.24) is 24.8 Å². The zero-order chi connectivity index (χ0) is 37.0. The molecule has 6 rings (SSSR count). The van der Waals surface area contributed by atoms with Gasteiger partial charge >= 0.3 is 0 Å². The topological polar surface area (TPSA) is 131 Å². The van der Waals surface area contributed by atoms with Gasteiger partial charge in [-0.3, -0.25) is 4.79 Å². The summed E-state index contributed by atoms with van der Waals surface area (Å²) < 4.78 is 15.9. The number of nitrogens with one attached hydrogen (secondary N) is 4. The molecule has 0 atom stereocenters. The van der Waals surface area contributed by atoms with E-state index in [1.807, 2.05) is 38.1 Å². The van der Waals surface area contributed by atoms with Gasteiger partial charge < -0.3 is 35.9 Å². The second-order valence-electron chi connectivity index (χ2n) is 11.7. The number of nitrogens with zero attached hydrogens (tertiary/aromatic N) is 4. The van der Waals surface area contributed by atoms with E-state index >= 15 is 0 Å². The van der Waals surface area contributed by atoms with Gasteiger partial charge in [0.25, 0.3) is 0 Å². The molecule has 1 fully saturated rings. The van der Waals surface area contributed by atoms with Gasteiger partial charge in [-0.2, -0.15) is 0 Å². The van der Waals surface area contributed by atoms with E-state index in [1.54, 1.807) is 19.4 Å². The molecule has 1 amide bonds. The molecular formula is C40H53FN8O2. The number of halogens is 1. The third kappa shape index (κ3) is 12.6. The quantitative estimate of drug-likeness (QED) is 0.127. The fraction of sp³-hybridized carbons (Fsp3) is 0.350. The number of hydrogen-bond acceptors (Lipinski definition) is 8. The van der Waals surface area contributed by atoms with Gasteiger partial charge in [0.05, 0.1) is 5.35 Å². The van der Waals surface area contributed by atoms with E-state index in [0.29, 0.717) is 12.4 Å². The molecule has 0 unspecified atom stereocenters. The highest BCUT2D eigenvalue weighted by atomic mass is 19.1. The minimum Gasteiger partial charge on any atom is -0.400 e. The summed E-state index contributed by atoms with van der Waals surface area (Å²) in [4.78, 5) is 21.4. The van der Waals surface area contributed by atoms with Crippen molar-refractivity contribution in [2.45, 2.75) is 59.5 Å². The normalized spacial score (nSPS) is 13.0. The van der Waals surface area contributed by atoms with Gasteiger partial charge in [0.2, 0.25) is 5.91 Å². The first-order valence-electron chi connectivity index (χ1n) is 17.6. The van der Waals surface area contributed by atoms with Crippen molar-refractivity contribution in [3.63, 3.8) is 0 Å². The summed E-state index contributed by atoms with van der Waals surface area (Å²) in [5.74, 6) is 0.457. The van der Waals surface area contributed by atoms with Crippen molar-refractivity contribution in [3.05, 3.63) is 106 Å². The highest BCUT2D eigenvalue weighted by Crippen LogP contribution is 2.23. The van der Waals surface area contributed by atoms with E-state index in [0.717, 1.165) is 65.1 Å². The first-order valence-corrected chi connectivity index (χ1v) is 17.6. The Labute approximate surface area is 301 Å². The number of aliphatic hydroxyl groups is 1. The number of benzene rings is 2. The summed E-state index contributed by atoms with van der Waals surface area (Å²) in [6.07, 6.45) is 18.5. The molecule has 1 saturated heterocycles. The number of aliphatic hydroxyl groups excluding tert-OH is 1. The Balaban J connectivity index is 0.000000709. The maximum Gasteiger partial charge on any atom is 0.216 e. The number of allylic oxidation sites excluding steroid dienone is 2. The number of aromatic nitrogens is 3. The average Bonchev–Trinajstić information content (AvgIpc) is 3.81. The van der Waals surface area contributed by atoms with Crippen LogP contribution >= 0.6 is 0 Å². The summed E-state index contributed by atoms with van der Waals surface area (Å²) >= 11 is 0. The lowest BCUT2D eigenvalue weighted by molar-refractivity contribution is -0.118. The van der Waals surface area contributed by atoms with Crippen LogP contribution in [0.2, 0.25) is 0 Å². The third-order valence-corrected chi connectivity index (χ3v) is 8.23. The van der Waals surface area contributed by atoms with Crippen molar-refractivity contribution in [2.75, 3.05) is 44.4 Å². The molecule has 2 aliphatic rings. The number of likely N-dealkylation sites (tertiary alicyclic amines) is 1. The minimum absolute atomic E-state index is 0.00463. The predicted octanol–water partition coefficient (Wildman–Crippen LogP) is 5.69. The number of anilines is 3. The van der Waals surface area contributed by atoms with Gasteiger partial charge in [-0.1, -0.05) is 38.1 Å². The molecule has 0 bridgehead atoms. The van der Waals surface area contributed by atoms with Crippen LogP contribution in [-0.4, -0.2) is 70.5 Å². The van der Waals surface area contributed by atoms with Crippen LogP contribution in [0.4, 0.5) is 21.6 Å². The summed E-state index contributed by atoms with van der Waals surface area (Å²) in [5, 5.41) is 26.0. The Bertz CT molecular complexity index is 1850. The van der Waals surface area contributed by atoms with E-state index < -0.39 is 0 Å². The van der Waals surface area contributed by atoms with E-state index in [2.05, 4.69) is 72.1 Å². The molecule has 4 aromatic rings. The van der Waals surface area contributed by atoms with Crippen LogP contribution in [0.5, 0.6) is 0 Å². The second kappa shape index (κ2) is 21.8. The Morgan fingerprint density at radius 2 is 1.80 bits per heavy atom. The summed E-state index contributed by atoms with van der Waals surface area (Å²) in [6, 6.07) is 14.5. The molecule has 51 heavy (non-hydrogen) atoms. The van der Waals surface area contributed by atoms with Crippen LogP contribution in [-0.2, 0) is 17.9 Å². The Kier molecular flexibility index (Phi) is 17.3. The van der Waals surface area contributed by atoms with Crippen LogP contribution < -0.4 is 26.5 Å². The number of hydrogen-bond donors (Lipinski definition) is 5. The predicted molar refractivity (Wildman–Crippen MR) is 208 cm³/mol. The van der Waals surface area contributed by atoms with Gasteiger partial charge in [0.1, 0.15) is 18.0 Å². The number of amides is 1. The third-order valence-electron chi connectivity index (χ3n) is 8.23. The molecular weight excluding hydrogens is 643 g/mol.